The van der Waals surface area contributed by atoms with E-state index in [-0.39, 0.29) is 5.97 Å². The molecule has 0 unspecified atom stereocenters. The van der Waals surface area contributed by atoms with Crippen LogP contribution in [0.3, 0.4) is 0 Å². The van der Waals surface area contributed by atoms with Crippen molar-refractivity contribution in [1.82, 2.24) is 14.9 Å². The zero-order valence-corrected chi connectivity index (χ0v) is 16.8. The molecule has 1 aliphatic rings. The maximum atomic E-state index is 11.8. The van der Waals surface area contributed by atoms with Crippen LogP contribution < -0.4 is 10.2 Å². The van der Waals surface area contributed by atoms with Crippen molar-refractivity contribution in [2.45, 2.75) is 12.1 Å². The van der Waals surface area contributed by atoms with Crippen molar-refractivity contribution >= 4 is 35.1 Å². The topological polar surface area (TPSA) is 70.6 Å². The van der Waals surface area contributed by atoms with E-state index in [0.717, 1.165) is 48.7 Å². The minimum atomic E-state index is -0.312. The molecule has 0 atom stereocenters. The summed E-state index contributed by atoms with van der Waals surface area (Å²) in [5.41, 5.74) is 1.39. The number of piperazine rings is 1. The van der Waals surface area contributed by atoms with Gasteiger partial charge in [0.1, 0.15) is 11.6 Å². The molecule has 0 saturated carbocycles. The van der Waals surface area contributed by atoms with Gasteiger partial charge >= 0.3 is 5.97 Å². The number of thioether (sulfide) groups is 1. The predicted molar refractivity (Wildman–Crippen MR) is 109 cm³/mol. The summed E-state index contributed by atoms with van der Waals surface area (Å²) in [5, 5.41) is 4.04. The second kappa shape index (κ2) is 9.05. The fourth-order valence-corrected chi connectivity index (χ4v) is 3.19. The van der Waals surface area contributed by atoms with Crippen molar-refractivity contribution in [2.24, 2.45) is 0 Å². The van der Waals surface area contributed by atoms with Crippen LogP contribution in [0.4, 0.5) is 17.3 Å². The van der Waals surface area contributed by atoms with Gasteiger partial charge in [0, 0.05) is 37.9 Å². The van der Waals surface area contributed by atoms with Crippen LogP contribution in [0, 0.1) is 0 Å². The number of hydrogen-bond donors (Lipinski definition) is 1. The molecule has 1 aromatic carbocycles. The van der Waals surface area contributed by atoms with E-state index in [2.05, 4.69) is 32.1 Å². The van der Waals surface area contributed by atoms with Crippen LogP contribution in [0.1, 0.15) is 17.3 Å². The van der Waals surface area contributed by atoms with Gasteiger partial charge < -0.3 is 19.9 Å². The molecule has 7 nitrogen and oxygen atoms in total. The Balaban J connectivity index is 1.76. The lowest BCUT2D eigenvalue weighted by atomic mass is 10.2. The number of benzene rings is 1. The van der Waals surface area contributed by atoms with Gasteiger partial charge in [0.15, 0.2) is 5.16 Å². The summed E-state index contributed by atoms with van der Waals surface area (Å²) in [4.78, 5) is 25.6. The third-order valence-corrected chi connectivity index (χ3v) is 4.92. The largest absolute Gasteiger partial charge is 0.462 e. The predicted octanol–water partition coefficient (Wildman–Crippen LogP) is 2.87. The van der Waals surface area contributed by atoms with Crippen molar-refractivity contribution in [3.8, 4) is 0 Å². The normalized spacial score (nSPS) is 14.9. The first-order valence-corrected chi connectivity index (χ1v) is 10.2. The molecule has 0 spiro atoms. The molecule has 0 radical (unpaired) electrons. The van der Waals surface area contributed by atoms with E-state index in [1.807, 2.05) is 24.5 Å². The fraction of sp³-hybridized carbons (Fsp3) is 0.421. The lowest BCUT2D eigenvalue weighted by Crippen LogP contribution is -2.44. The van der Waals surface area contributed by atoms with Gasteiger partial charge in [0.2, 0.25) is 0 Å². The first kappa shape index (κ1) is 19.4. The minimum absolute atomic E-state index is 0.312. The Kier molecular flexibility index (Phi) is 6.52. The number of nitrogens with one attached hydrogen (secondary N) is 1. The van der Waals surface area contributed by atoms with E-state index in [0.29, 0.717) is 12.2 Å². The number of nitrogens with zero attached hydrogens (tertiary/aromatic N) is 4. The molecule has 1 fully saturated rings. The van der Waals surface area contributed by atoms with Gasteiger partial charge in [-0.3, -0.25) is 0 Å². The van der Waals surface area contributed by atoms with Crippen molar-refractivity contribution in [3.63, 3.8) is 0 Å². The summed E-state index contributed by atoms with van der Waals surface area (Å²) in [7, 11) is 2.14. The summed E-state index contributed by atoms with van der Waals surface area (Å²) in [6.45, 7) is 6.12. The molecule has 8 heteroatoms. The molecular weight excluding hydrogens is 362 g/mol. The van der Waals surface area contributed by atoms with E-state index in [4.69, 9.17) is 4.74 Å². The summed E-state index contributed by atoms with van der Waals surface area (Å²) in [5.74, 6) is 1.37. The molecule has 2 heterocycles. The van der Waals surface area contributed by atoms with E-state index in [1.54, 1.807) is 19.1 Å². The molecular formula is C19H25N5O2S. The van der Waals surface area contributed by atoms with Crippen molar-refractivity contribution in [1.29, 1.82) is 0 Å². The van der Waals surface area contributed by atoms with Crippen LogP contribution in [0.2, 0.25) is 0 Å². The summed E-state index contributed by atoms with van der Waals surface area (Å²) < 4.78 is 5.02. The Labute approximate surface area is 164 Å². The number of rotatable bonds is 6. The lowest BCUT2D eigenvalue weighted by molar-refractivity contribution is 0.0526. The molecule has 1 aliphatic heterocycles. The number of carbonyl (C=O) groups is 1. The van der Waals surface area contributed by atoms with Crippen LogP contribution in [-0.4, -0.2) is 66.9 Å². The number of carbonyl (C=O) groups excluding carboxylic acids is 1. The second-order valence-corrected chi connectivity index (χ2v) is 7.08. The van der Waals surface area contributed by atoms with Gasteiger partial charge in [-0.1, -0.05) is 11.8 Å². The van der Waals surface area contributed by atoms with Gasteiger partial charge in [0.05, 0.1) is 12.2 Å². The highest BCUT2D eigenvalue weighted by molar-refractivity contribution is 7.98. The first-order valence-electron chi connectivity index (χ1n) is 9.00. The quantitative estimate of drug-likeness (QED) is 0.461. The third-order valence-electron chi connectivity index (χ3n) is 4.37. The smallest absolute Gasteiger partial charge is 0.338 e. The van der Waals surface area contributed by atoms with E-state index >= 15 is 0 Å². The van der Waals surface area contributed by atoms with Crippen LogP contribution in [0.5, 0.6) is 0 Å². The highest BCUT2D eigenvalue weighted by atomic mass is 32.2. The zero-order chi connectivity index (χ0) is 19.2. The number of anilines is 3. The molecule has 144 valence electrons. The SMILES string of the molecule is CCOC(=O)c1ccc(Nc2cc(N3CCN(C)CC3)nc(SC)n2)cc1. The van der Waals surface area contributed by atoms with E-state index < -0.39 is 0 Å². The molecule has 1 saturated heterocycles. The highest BCUT2D eigenvalue weighted by Gasteiger charge is 2.17. The maximum absolute atomic E-state index is 11.8. The maximum Gasteiger partial charge on any atom is 0.338 e. The monoisotopic (exact) mass is 387 g/mol. The summed E-state index contributed by atoms with van der Waals surface area (Å²) in [6, 6.07) is 9.17. The molecule has 27 heavy (non-hydrogen) atoms. The second-order valence-electron chi connectivity index (χ2n) is 6.31. The molecule has 0 amide bonds. The summed E-state index contributed by atoms with van der Waals surface area (Å²) >= 11 is 1.52. The minimum Gasteiger partial charge on any atom is -0.462 e. The number of likely N-dealkylation sites (N-methyl/N-ethyl adjacent to an activating group) is 1. The number of esters is 1. The molecule has 0 bridgehead atoms. The standard InChI is InChI=1S/C19H25N5O2S/c1-4-26-18(25)14-5-7-15(8-6-14)20-16-13-17(22-19(21-16)27-3)24-11-9-23(2)10-12-24/h5-8,13H,4,9-12H2,1-3H3,(H,20,21,22). The molecule has 3 rings (SSSR count). The Morgan fingerprint density at radius 1 is 1.19 bits per heavy atom. The van der Waals surface area contributed by atoms with Crippen LogP contribution in [-0.2, 0) is 4.74 Å². The Morgan fingerprint density at radius 2 is 1.89 bits per heavy atom. The van der Waals surface area contributed by atoms with Gasteiger partial charge in [-0.25, -0.2) is 14.8 Å². The molecule has 0 aliphatic carbocycles. The average molecular weight is 388 g/mol. The first-order chi connectivity index (χ1) is 13.1. The third kappa shape index (κ3) is 5.11. The highest BCUT2D eigenvalue weighted by Crippen LogP contribution is 2.24. The number of hydrogen-bond acceptors (Lipinski definition) is 8. The van der Waals surface area contributed by atoms with Crippen LogP contribution in [0.25, 0.3) is 0 Å². The van der Waals surface area contributed by atoms with E-state index in [9.17, 15) is 4.79 Å². The zero-order valence-electron chi connectivity index (χ0n) is 15.9. The lowest BCUT2D eigenvalue weighted by Gasteiger charge is -2.33. The van der Waals surface area contributed by atoms with Crippen molar-refractivity contribution in [2.75, 3.05) is 56.3 Å². The van der Waals surface area contributed by atoms with Crippen LogP contribution in [0.15, 0.2) is 35.5 Å². The Hall–Kier alpha value is -2.32. The molecule has 1 N–H and O–H groups in total. The van der Waals surface area contributed by atoms with Crippen molar-refractivity contribution in [3.05, 3.63) is 35.9 Å². The number of ether oxygens (including phenoxy) is 1. The van der Waals surface area contributed by atoms with Crippen molar-refractivity contribution < 1.29 is 9.53 Å². The Morgan fingerprint density at radius 3 is 2.52 bits per heavy atom. The molecule has 2 aromatic rings. The van der Waals surface area contributed by atoms with Gasteiger partial charge in [0.25, 0.3) is 0 Å². The van der Waals surface area contributed by atoms with Crippen LogP contribution >= 0.6 is 11.8 Å². The van der Waals surface area contributed by atoms with E-state index in [1.165, 1.54) is 11.8 Å². The average Bonchev–Trinajstić information content (AvgIpc) is 2.69. The van der Waals surface area contributed by atoms with Gasteiger partial charge in [-0.2, -0.15) is 0 Å². The molecule has 1 aromatic heterocycles. The summed E-state index contributed by atoms with van der Waals surface area (Å²) in [6.07, 6.45) is 1.97. The Bertz CT molecular complexity index is 776. The number of aromatic nitrogens is 2. The van der Waals surface area contributed by atoms with Gasteiger partial charge in [-0.05, 0) is 44.5 Å². The van der Waals surface area contributed by atoms with Gasteiger partial charge in [-0.15, -0.1) is 0 Å². The fourth-order valence-electron chi connectivity index (χ4n) is 2.82.